The lowest BCUT2D eigenvalue weighted by atomic mass is 10.3. The van der Waals surface area contributed by atoms with Crippen molar-refractivity contribution in [1.29, 1.82) is 0 Å². The second-order valence-electron chi connectivity index (χ2n) is 4.97. The number of carboxylic acid groups (broad SMARTS) is 1. The summed E-state index contributed by atoms with van der Waals surface area (Å²) < 4.78 is 0. The Kier molecular flexibility index (Phi) is 6.07. The molecular weight excluding hydrogens is 288 g/mol. The molecule has 1 amide bonds. The van der Waals surface area contributed by atoms with Crippen LogP contribution in [0.25, 0.3) is 0 Å². The first kappa shape index (κ1) is 15.9. The third-order valence-electron chi connectivity index (χ3n) is 3.47. The minimum absolute atomic E-state index is 0.154. The van der Waals surface area contributed by atoms with Crippen molar-refractivity contribution in [3.05, 3.63) is 30.3 Å². The number of piperazine rings is 1. The molecule has 1 heterocycles. The first-order valence-corrected chi connectivity index (χ1v) is 8.03. The molecule has 1 aliphatic heterocycles. The molecule has 1 N–H and O–H groups in total. The van der Waals surface area contributed by atoms with Gasteiger partial charge in [0, 0.05) is 37.6 Å². The summed E-state index contributed by atoms with van der Waals surface area (Å²) in [7, 11) is 0. The zero-order valence-electron chi connectivity index (χ0n) is 11.9. The number of carbonyl (C=O) groups is 2. The van der Waals surface area contributed by atoms with Gasteiger partial charge < -0.3 is 10.0 Å². The standard InChI is InChI=1S/C15H20N2O3S/c18-14(12-21-13-4-2-1-3-5-13)17-10-8-16(9-11-17)7-6-15(19)20/h1-5H,6-12H2,(H,19,20). The minimum Gasteiger partial charge on any atom is -0.481 e. The summed E-state index contributed by atoms with van der Waals surface area (Å²) in [6, 6.07) is 9.90. The fraction of sp³-hybridized carbons (Fsp3) is 0.467. The van der Waals surface area contributed by atoms with Crippen LogP contribution in [0.1, 0.15) is 6.42 Å². The zero-order chi connectivity index (χ0) is 15.1. The van der Waals surface area contributed by atoms with E-state index in [2.05, 4.69) is 4.90 Å². The Hall–Kier alpha value is -1.53. The van der Waals surface area contributed by atoms with E-state index in [1.54, 1.807) is 11.8 Å². The first-order valence-electron chi connectivity index (χ1n) is 7.05. The van der Waals surface area contributed by atoms with Gasteiger partial charge in [0.15, 0.2) is 0 Å². The maximum Gasteiger partial charge on any atom is 0.304 e. The fourth-order valence-electron chi connectivity index (χ4n) is 2.23. The van der Waals surface area contributed by atoms with E-state index in [1.165, 1.54) is 0 Å². The Morgan fingerprint density at radius 3 is 2.38 bits per heavy atom. The molecule has 6 heteroatoms. The molecule has 0 aromatic heterocycles. The van der Waals surface area contributed by atoms with Crippen LogP contribution in [0.5, 0.6) is 0 Å². The van der Waals surface area contributed by atoms with Crippen molar-refractivity contribution in [3.63, 3.8) is 0 Å². The molecule has 0 unspecified atom stereocenters. The van der Waals surface area contributed by atoms with Crippen molar-refractivity contribution >= 4 is 23.6 Å². The Bertz CT molecular complexity index is 473. The molecule has 1 aromatic carbocycles. The van der Waals surface area contributed by atoms with E-state index in [0.717, 1.165) is 18.0 Å². The van der Waals surface area contributed by atoms with Crippen LogP contribution in [-0.2, 0) is 9.59 Å². The van der Waals surface area contributed by atoms with Gasteiger partial charge in [0.1, 0.15) is 0 Å². The van der Waals surface area contributed by atoms with Gasteiger partial charge >= 0.3 is 5.97 Å². The van der Waals surface area contributed by atoms with Gasteiger partial charge in [-0.15, -0.1) is 11.8 Å². The Morgan fingerprint density at radius 2 is 1.76 bits per heavy atom. The van der Waals surface area contributed by atoms with Gasteiger partial charge in [0.05, 0.1) is 12.2 Å². The van der Waals surface area contributed by atoms with Crippen molar-refractivity contribution < 1.29 is 14.7 Å². The summed E-state index contributed by atoms with van der Waals surface area (Å²) in [6.45, 7) is 3.46. The summed E-state index contributed by atoms with van der Waals surface area (Å²) in [4.78, 5) is 27.7. The molecule has 2 rings (SSSR count). The maximum atomic E-state index is 12.1. The van der Waals surface area contributed by atoms with Gasteiger partial charge in [0.2, 0.25) is 5.91 Å². The second kappa shape index (κ2) is 8.05. The van der Waals surface area contributed by atoms with E-state index in [9.17, 15) is 9.59 Å². The van der Waals surface area contributed by atoms with E-state index < -0.39 is 5.97 Å². The van der Waals surface area contributed by atoms with E-state index in [-0.39, 0.29) is 12.3 Å². The Labute approximate surface area is 128 Å². The van der Waals surface area contributed by atoms with Crippen LogP contribution in [-0.4, -0.2) is 65.3 Å². The highest BCUT2D eigenvalue weighted by molar-refractivity contribution is 8.00. The highest BCUT2D eigenvalue weighted by Crippen LogP contribution is 2.17. The van der Waals surface area contributed by atoms with Crippen LogP contribution in [0.3, 0.4) is 0 Å². The van der Waals surface area contributed by atoms with Crippen LogP contribution < -0.4 is 0 Å². The fourth-order valence-corrected chi connectivity index (χ4v) is 3.05. The maximum absolute atomic E-state index is 12.1. The van der Waals surface area contributed by atoms with E-state index in [1.807, 2.05) is 35.2 Å². The molecule has 1 aromatic rings. The van der Waals surface area contributed by atoms with Crippen LogP contribution in [0.4, 0.5) is 0 Å². The van der Waals surface area contributed by atoms with Crippen LogP contribution in [0.15, 0.2) is 35.2 Å². The molecule has 114 valence electrons. The lowest BCUT2D eigenvalue weighted by Crippen LogP contribution is -2.49. The number of rotatable bonds is 6. The molecule has 0 aliphatic carbocycles. The molecule has 1 saturated heterocycles. The predicted molar refractivity (Wildman–Crippen MR) is 82.4 cm³/mol. The number of carbonyl (C=O) groups excluding carboxylic acids is 1. The lowest BCUT2D eigenvalue weighted by Gasteiger charge is -2.34. The first-order chi connectivity index (χ1) is 10.1. The molecule has 21 heavy (non-hydrogen) atoms. The smallest absolute Gasteiger partial charge is 0.304 e. The largest absolute Gasteiger partial charge is 0.481 e. The van der Waals surface area contributed by atoms with Gasteiger partial charge in [-0.2, -0.15) is 0 Å². The molecule has 0 bridgehead atoms. The highest BCUT2D eigenvalue weighted by atomic mass is 32.2. The number of carboxylic acids is 1. The van der Waals surface area contributed by atoms with Gasteiger partial charge in [-0.1, -0.05) is 18.2 Å². The van der Waals surface area contributed by atoms with Gasteiger partial charge in [0.25, 0.3) is 0 Å². The average molecular weight is 308 g/mol. The molecule has 0 spiro atoms. The molecular formula is C15H20N2O3S. The zero-order valence-corrected chi connectivity index (χ0v) is 12.7. The number of aliphatic carboxylic acids is 1. The number of hydrogen-bond acceptors (Lipinski definition) is 4. The van der Waals surface area contributed by atoms with Gasteiger partial charge in [-0.05, 0) is 12.1 Å². The number of thioether (sulfide) groups is 1. The number of benzene rings is 1. The quantitative estimate of drug-likeness (QED) is 0.805. The number of amides is 1. The number of nitrogens with zero attached hydrogens (tertiary/aromatic N) is 2. The van der Waals surface area contributed by atoms with E-state index >= 15 is 0 Å². The van der Waals surface area contributed by atoms with E-state index in [0.29, 0.717) is 25.4 Å². The Balaban J connectivity index is 1.69. The van der Waals surface area contributed by atoms with Crippen LogP contribution >= 0.6 is 11.8 Å². The summed E-state index contributed by atoms with van der Waals surface area (Å²) in [5.74, 6) is -0.159. The van der Waals surface area contributed by atoms with Crippen LogP contribution in [0, 0.1) is 0 Å². The Morgan fingerprint density at radius 1 is 1.10 bits per heavy atom. The van der Waals surface area contributed by atoms with Crippen molar-refractivity contribution in [2.45, 2.75) is 11.3 Å². The normalized spacial score (nSPS) is 15.9. The average Bonchev–Trinajstić information content (AvgIpc) is 2.52. The van der Waals surface area contributed by atoms with Crippen molar-refractivity contribution in [3.8, 4) is 0 Å². The van der Waals surface area contributed by atoms with Gasteiger partial charge in [-0.3, -0.25) is 14.5 Å². The van der Waals surface area contributed by atoms with Crippen molar-refractivity contribution in [1.82, 2.24) is 9.80 Å². The molecule has 1 aliphatic rings. The van der Waals surface area contributed by atoms with Crippen molar-refractivity contribution in [2.24, 2.45) is 0 Å². The number of hydrogen-bond donors (Lipinski definition) is 1. The van der Waals surface area contributed by atoms with Crippen LogP contribution in [0.2, 0.25) is 0 Å². The van der Waals surface area contributed by atoms with Crippen molar-refractivity contribution in [2.75, 3.05) is 38.5 Å². The SMILES string of the molecule is O=C(O)CCN1CCN(C(=O)CSc2ccccc2)CC1. The predicted octanol–water partition coefficient (Wildman–Crippen LogP) is 1.40. The minimum atomic E-state index is -0.771. The highest BCUT2D eigenvalue weighted by Gasteiger charge is 2.21. The monoisotopic (exact) mass is 308 g/mol. The third kappa shape index (κ3) is 5.40. The molecule has 1 fully saturated rings. The third-order valence-corrected chi connectivity index (χ3v) is 4.47. The summed E-state index contributed by atoms with van der Waals surface area (Å²) in [6.07, 6.45) is 0.164. The van der Waals surface area contributed by atoms with Gasteiger partial charge in [-0.25, -0.2) is 0 Å². The summed E-state index contributed by atoms with van der Waals surface area (Å²) >= 11 is 1.55. The molecule has 0 atom stereocenters. The van der Waals surface area contributed by atoms with E-state index in [4.69, 9.17) is 5.11 Å². The topological polar surface area (TPSA) is 60.9 Å². The molecule has 0 saturated carbocycles. The second-order valence-corrected chi connectivity index (χ2v) is 6.02. The summed E-state index contributed by atoms with van der Waals surface area (Å²) in [5.41, 5.74) is 0. The summed E-state index contributed by atoms with van der Waals surface area (Å²) in [5, 5.41) is 8.67. The lowest BCUT2D eigenvalue weighted by molar-refractivity contribution is -0.138. The molecule has 0 radical (unpaired) electrons. The molecule has 5 nitrogen and oxygen atoms in total.